The molecule has 2 aromatic rings. The predicted molar refractivity (Wildman–Crippen MR) is 87.3 cm³/mol. The Hall–Kier alpha value is -1.80. The summed E-state index contributed by atoms with van der Waals surface area (Å²) >= 11 is 0. The van der Waals surface area contributed by atoms with Gasteiger partial charge in [-0.3, -0.25) is 0 Å². The zero-order valence-electron chi connectivity index (χ0n) is 12.3. The molecule has 2 nitrogen and oxygen atoms in total. The SMILES string of the molecule is CCCCCc1ccc(N(CN)c2ccccc2)cc1. The number of hydrogen-bond acceptors (Lipinski definition) is 2. The van der Waals surface area contributed by atoms with Crippen LogP contribution in [0.5, 0.6) is 0 Å². The van der Waals surface area contributed by atoms with E-state index in [0.29, 0.717) is 6.67 Å². The predicted octanol–water partition coefficient (Wildman–Crippen LogP) is 4.47. The third-order valence-electron chi connectivity index (χ3n) is 3.57. The Labute approximate surface area is 122 Å². The molecule has 0 radical (unpaired) electrons. The van der Waals surface area contributed by atoms with Crippen LogP contribution in [0, 0.1) is 0 Å². The van der Waals surface area contributed by atoms with Gasteiger partial charge in [0.25, 0.3) is 0 Å². The molecule has 0 aromatic heterocycles. The molecule has 2 aromatic carbocycles. The van der Waals surface area contributed by atoms with Crippen molar-refractivity contribution in [3.8, 4) is 0 Å². The van der Waals surface area contributed by atoms with Crippen LogP contribution in [-0.4, -0.2) is 6.67 Å². The number of aryl methyl sites for hydroxylation is 1. The zero-order chi connectivity index (χ0) is 14.2. The number of nitrogens with zero attached hydrogens (tertiary/aromatic N) is 1. The molecule has 2 rings (SSSR count). The van der Waals surface area contributed by atoms with E-state index in [0.717, 1.165) is 11.4 Å². The molecule has 0 saturated carbocycles. The minimum absolute atomic E-state index is 0.485. The lowest BCUT2D eigenvalue weighted by molar-refractivity contribution is 0.717. The molecule has 0 aliphatic carbocycles. The van der Waals surface area contributed by atoms with Crippen LogP contribution < -0.4 is 10.6 Å². The Morgan fingerprint density at radius 3 is 2.10 bits per heavy atom. The van der Waals surface area contributed by atoms with Gasteiger partial charge in [-0.2, -0.15) is 0 Å². The molecule has 2 N–H and O–H groups in total. The van der Waals surface area contributed by atoms with Crippen molar-refractivity contribution in [2.24, 2.45) is 5.73 Å². The summed E-state index contributed by atoms with van der Waals surface area (Å²) in [6.45, 7) is 2.72. The van der Waals surface area contributed by atoms with E-state index in [1.165, 1.54) is 31.2 Å². The number of unbranched alkanes of at least 4 members (excludes halogenated alkanes) is 2. The molecule has 106 valence electrons. The number of anilines is 2. The van der Waals surface area contributed by atoms with E-state index in [4.69, 9.17) is 5.73 Å². The van der Waals surface area contributed by atoms with Crippen molar-refractivity contribution in [3.05, 3.63) is 60.2 Å². The number of nitrogens with two attached hydrogens (primary N) is 1. The first-order chi connectivity index (χ1) is 9.85. The maximum Gasteiger partial charge on any atom is 0.0706 e. The average Bonchev–Trinajstić information content (AvgIpc) is 2.51. The van der Waals surface area contributed by atoms with E-state index in [-0.39, 0.29) is 0 Å². The van der Waals surface area contributed by atoms with Gasteiger partial charge in [0.1, 0.15) is 0 Å². The summed E-state index contributed by atoms with van der Waals surface area (Å²) in [4.78, 5) is 2.12. The van der Waals surface area contributed by atoms with Crippen molar-refractivity contribution in [2.45, 2.75) is 32.6 Å². The van der Waals surface area contributed by atoms with Gasteiger partial charge in [-0.25, -0.2) is 0 Å². The number of hydrogen-bond donors (Lipinski definition) is 1. The Morgan fingerprint density at radius 2 is 1.50 bits per heavy atom. The van der Waals surface area contributed by atoms with Crippen LogP contribution in [0.2, 0.25) is 0 Å². The summed E-state index contributed by atoms with van der Waals surface area (Å²) in [6, 6.07) is 19.0. The number of benzene rings is 2. The first-order valence-corrected chi connectivity index (χ1v) is 7.46. The van der Waals surface area contributed by atoms with Crippen LogP contribution in [0.15, 0.2) is 54.6 Å². The summed E-state index contributed by atoms with van der Waals surface area (Å²) in [7, 11) is 0. The van der Waals surface area contributed by atoms with E-state index >= 15 is 0 Å². The molecule has 0 spiro atoms. The van der Waals surface area contributed by atoms with E-state index in [2.05, 4.69) is 48.2 Å². The van der Waals surface area contributed by atoms with E-state index < -0.39 is 0 Å². The fourth-order valence-electron chi connectivity index (χ4n) is 2.39. The maximum atomic E-state index is 5.90. The van der Waals surface area contributed by atoms with Crippen LogP contribution in [0.4, 0.5) is 11.4 Å². The molecule has 2 heteroatoms. The molecular formula is C18H24N2. The van der Waals surface area contributed by atoms with Crippen LogP contribution in [0.25, 0.3) is 0 Å². The Balaban J connectivity index is 2.08. The molecule has 0 unspecified atom stereocenters. The molecule has 0 bridgehead atoms. The van der Waals surface area contributed by atoms with Crippen molar-refractivity contribution < 1.29 is 0 Å². The standard InChI is InChI=1S/C18H24N2/c1-2-3-5-8-16-11-13-18(14-12-16)20(15-19)17-9-6-4-7-10-17/h4,6-7,9-14H,2-3,5,8,15,19H2,1H3. The summed E-state index contributed by atoms with van der Waals surface area (Å²) in [5, 5.41) is 0. The van der Waals surface area contributed by atoms with E-state index in [1.54, 1.807) is 0 Å². The summed E-state index contributed by atoms with van der Waals surface area (Å²) in [5.74, 6) is 0. The highest BCUT2D eigenvalue weighted by atomic mass is 15.2. The molecule has 0 atom stereocenters. The summed E-state index contributed by atoms with van der Waals surface area (Å²) < 4.78 is 0. The average molecular weight is 268 g/mol. The highest BCUT2D eigenvalue weighted by molar-refractivity contribution is 5.63. The van der Waals surface area contributed by atoms with Crippen molar-refractivity contribution >= 4 is 11.4 Å². The minimum atomic E-state index is 0.485. The van der Waals surface area contributed by atoms with Gasteiger partial charge in [-0.1, -0.05) is 50.1 Å². The van der Waals surface area contributed by atoms with Crippen LogP contribution in [-0.2, 0) is 6.42 Å². The molecule has 0 aliphatic rings. The van der Waals surface area contributed by atoms with Crippen LogP contribution in [0.3, 0.4) is 0 Å². The second-order valence-electron chi connectivity index (χ2n) is 5.07. The van der Waals surface area contributed by atoms with Gasteiger partial charge in [0.05, 0.1) is 6.67 Å². The fourth-order valence-corrected chi connectivity index (χ4v) is 2.39. The Bertz CT molecular complexity index is 491. The molecule has 0 heterocycles. The number of para-hydroxylation sites is 1. The largest absolute Gasteiger partial charge is 0.328 e. The monoisotopic (exact) mass is 268 g/mol. The molecule has 0 fully saturated rings. The van der Waals surface area contributed by atoms with Crippen molar-refractivity contribution in [1.29, 1.82) is 0 Å². The first kappa shape index (κ1) is 14.6. The van der Waals surface area contributed by atoms with E-state index in [9.17, 15) is 0 Å². The Kier molecular flexibility index (Phi) is 5.63. The Morgan fingerprint density at radius 1 is 0.850 bits per heavy atom. The quantitative estimate of drug-likeness (QED) is 0.593. The molecule has 0 saturated heterocycles. The van der Waals surface area contributed by atoms with E-state index in [1.807, 2.05) is 18.2 Å². The van der Waals surface area contributed by atoms with Gasteiger partial charge in [0.15, 0.2) is 0 Å². The third kappa shape index (κ3) is 3.84. The van der Waals surface area contributed by atoms with Crippen molar-refractivity contribution in [2.75, 3.05) is 11.6 Å². The first-order valence-electron chi connectivity index (χ1n) is 7.46. The molecule has 0 amide bonds. The molecule has 20 heavy (non-hydrogen) atoms. The van der Waals surface area contributed by atoms with Crippen molar-refractivity contribution in [3.63, 3.8) is 0 Å². The smallest absolute Gasteiger partial charge is 0.0706 e. The lowest BCUT2D eigenvalue weighted by Crippen LogP contribution is -2.24. The zero-order valence-corrected chi connectivity index (χ0v) is 12.3. The number of rotatable bonds is 7. The minimum Gasteiger partial charge on any atom is -0.328 e. The van der Waals surface area contributed by atoms with Gasteiger partial charge in [-0.15, -0.1) is 0 Å². The summed E-state index contributed by atoms with van der Waals surface area (Å²) in [6.07, 6.45) is 5.02. The highest BCUT2D eigenvalue weighted by Gasteiger charge is 2.06. The maximum absolute atomic E-state index is 5.90. The van der Waals surface area contributed by atoms with Crippen LogP contribution in [0.1, 0.15) is 31.7 Å². The van der Waals surface area contributed by atoms with Crippen molar-refractivity contribution in [1.82, 2.24) is 0 Å². The molecule has 0 aliphatic heterocycles. The normalized spacial score (nSPS) is 10.5. The molecular weight excluding hydrogens is 244 g/mol. The van der Waals surface area contributed by atoms with Crippen LogP contribution >= 0.6 is 0 Å². The highest BCUT2D eigenvalue weighted by Crippen LogP contribution is 2.24. The van der Waals surface area contributed by atoms with Gasteiger partial charge >= 0.3 is 0 Å². The topological polar surface area (TPSA) is 29.3 Å². The second-order valence-corrected chi connectivity index (χ2v) is 5.07. The second kappa shape index (κ2) is 7.71. The lowest BCUT2D eigenvalue weighted by Gasteiger charge is -2.23. The van der Waals surface area contributed by atoms with Gasteiger partial charge in [0.2, 0.25) is 0 Å². The van der Waals surface area contributed by atoms with Gasteiger partial charge < -0.3 is 10.6 Å². The third-order valence-corrected chi connectivity index (χ3v) is 3.57. The van der Waals surface area contributed by atoms with Gasteiger partial charge in [-0.05, 0) is 42.7 Å². The fraction of sp³-hybridized carbons (Fsp3) is 0.333. The lowest BCUT2D eigenvalue weighted by atomic mass is 10.1. The van der Waals surface area contributed by atoms with Gasteiger partial charge in [0, 0.05) is 11.4 Å². The summed E-state index contributed by atoms with van der Waals surface area (Å²) in [5.41, 5.74) is 9.59.